The highest BCUT2D eigenvalue weighted by atomic mass is 35.5. The van der Waals surface area contributed by atoms with Gasteiger partial charge in [0, 0.05) is 18.3 Å². The lowest BCUT2D eigenvalue weighted by Gasteiger charge is -2.18. The summed E-state index contributed by atoms with van der Waals surface area (Å²) in [6.07, 6.45) is 1.93. The number of hydrogen-bond donors (Lipinski definition) is 2. The van der Waals surface area contributed by atoms with E-state index >= 15 is 0 Å². The molecule has 1 aliphatic heterocycles. The van der Waals surface area contributed by atoms with Crippen molar-refractivity contribution in [2.75, 3.05) is 18.5 Å². The molecular formula is C19H18ClFN4O3. The van der Waals surface area contributed by atoms with Crippen LogP contribution in [-0.4, -0.2) is 30.1 Å². The zero-order chi connectivity index (χ0) is 20.1. The van der Waals surface area contributed by atoms with Crippen molar-refractivity contribution in [2.45, 2.75) is 13.3 Å². The maximum atomic E-state index is 14.1. The van der Waals surface area contributed by atoms with Crippen LogP contribution < -0.4 is 11.1 Å². The van der Waals surface area contributed by atoms with Crippen LogP contribution >= 0.6 is 11.6 Å². The predicted octanol–water partition coefficient (Wildman–Crippen LogP) is 3.78. The number of nitrogens with one attached hydrogen (secondary N) is 1. The van der Waals surface area contributed by atoms with Crippen LogP contribution in [0.5, 0.6) is 0 Å². The highest BCUT2D eigenvalue weighted by molar-refractivity contribution is 6.30. The maximum Gasteiger partial charge on any atom is 0.292 e. The van der Waals surface area contributed by atoms with Gasteiger partial charge in [-0.15, -0.1) is 0 Å². The summed E-state index contributed by atoms with van der Waals surface area (Å²) in [5.41, 5.74) is 7.14. The number of amides is 1. The number of benzene rings is 1. The Labute approximate surface area is 166 Å². The average Bonchev–Trinajstić information content (AvgIpc) is 2.67. The zero-order valence-electron chi connectivity index (χ0n) is 15.0. The number of hydrogen-bond acceptors (Lipinski definition) is 5. The Morgan fingerprint density at radius 3 is 2.93 bits per heavy atom. The van der Waals surface area contributed by atoms with E-state index < -0.39 is 11.7 Å². The summed E-state index contributed by atoms with van der Waals surface area (Å²) in [6, 6.07) is 6.77. The normalized spacial score (nSPS) is 14.8. The molecule has 146 valence electrons. The number of aliphatic imine (C=N–C) groups is 1. The lowest BCUT2D eigenvalue weighted by molar-refractivity contribution is 0.102. The van der Waals surface area contributed by atoms with E-state index in [-0.39, 0.29) is 17.4 Å². The van der Waals surface area contributed by atoms with E-state index in [0.717, 1.165) is 5.57 Å². The summed E-state index contributed by atoms with van der Waals surface area (Å²) in [4.78, 5) is 20.1. The minimum atomic E-state index is -0.605. The molecule has 0 bridgehead atoms. The van der Waals surface area contributed by atoms with Crippen molar-refractivity contribution in [3.05, 3.63) is 64.4 Å². The van der Waals surface area contributed by atoms with Gasteiger partial charge in [-0.05, 0) is 42.8 Å². The third-order valence-electron chi connectivity index (χ3n) is 3.89. The fourth-order valence-electron chi connectivity index (χ4n) is 2.47. The lowest BCUT2D eigenvalue weighted by atomic mass is 10.2. The number of carbonyl (C=O) groups is 1. The van der Waals surface area contributed by atoms with E-state index in [4.69, 9.17) is 26.8 Å². The number of rotatable bonds is 4. The standard InChI is InChI=1S/C19H18ClFN4O3/c1-11-10-27-7-6-17(11)28-19(22)25-16-8-13(3-4-14(16)21)24-18(26)15-5-2-12(20)9-23-15/h2-5,8-9H,6-7,10H2,1H3,(H2,22,25)(H,24,26). The molecule has 0 saturated heterocycles. The van der Waals surface area contributed by atoms with Crippen LogP contribution in [-0.2, 0) is 9.47 Å². The van der Waals surface area contributed by atoms with Gasteiger partial charge in [-0.2, -0.15) is 4.99 Å². The van der Waals surface area contributed by atoms with Crippen molar-refractivity contribution >= 4 is 34.9 Å². The highest BCUT2D eigenvalue weighted by Crippen LogP contribution is 2.24. The molecule has 28 heavy (non-hydrogen) atoms. The number of pyridine rings is 1. The number of amidine groups is 1. The Kier molecular flexibility index (Phi) is 6.23. The van der Waals surface area contributed by atoms with Gasteiger partial charge in [-0.25, -0.2) is 9.37 Å². The molecule has 3 N–H and O–H groups in total. The van der Waals surface area contributed by atoms with Gasteiger partial charge in [0.05, 0.1) is 18.2 Å². The van der Waals surface area contributed by atoms with Crippen LogP contribution in [0.4, 0.5) is 15.8 Å². The molecule has 0 atom stereocenters. The van der Waals surface area contributed by atoms with Crippen molar-refractivity contribution in [2.24, 2.45) is 10.7 Å². The maximum absolute atomic E-state index is 14.1. The molecule has 1 amide bonds. The molecule has 1 aromatic heterocycles. The van der Waals surface area contributed by atoms with Crippen LogP contribution in [0, 0.1) is 5.82 Å². The summed E-state index contributed by atoms with van der Waals surface area (Å²) in [5, 5.41) is 3.04. The summed E-state index contributed by atoms with van der Waals surface area (Å²) in [7, 11) is 0. The van der Waals surface area contributed by atoms with E-state index in [2.05, 4.69) is 15.3 Å². The van der Waals surface area contributed by atoms with Gasteiger partial charge in [0.1, 0.15) is 23.0 Å². The molecule has 0 aliphatic carbocycles. The number of nitrogens with zero attached hydrogens (tertiary/aromatic N) is 2. The van der Waals surface area contributed by atoms with Crippen molar-refractivity contribution in [1.29, 1.82) is 0 Å². The number of anilines is 1. The molecular weight excluding hydrogens is 387 g/mol. The smallest absolute Gasteiger partial charge is 0.292 e. The van der Waals surface area contributed by atoms with E-state index in [1.165, 1.54) is 30.5 Å². The molecule has 9 heteroatoms. The number of aromatic nitrogens is 1. The van der Waals surface area contributed by atoms with Crippen molar-refractivity contribution < 1.29 is 18.7 Å². The molecule has 0 fully saturated rings. The molecule has 2 heterocycles. The average molecular weight is 405 g/mol. The Balaban J connectivity index is 1.75. The molecule has 0 spiro atoms. The van der Waals surface area contributed by atoms with Gasteiger partial charge >= 0.3 is 0 Å². The third-order valence-corrected chi connectivity index (χ3v) is 4.11. The topological polar surface area (TPSA) is 98.8 Å². The summed E-state index contributed by atoms with van der Waals surface area (Å²) in [6.45, 7) is 2.84. The first-order valence-corrected chi connectivity index (χ1v) is 8.81. The van der Waals surface area contributed by atoms with Gasteiger partial charge in [0.25, 0.3) is 11.9 Å². The second kappa shape index (κ2) is 8.81. The Morgan fingerprint density at radius 2 is 2.21 bits per heavy atom. The van der Waals surface area contributed by atoms with Crippen LogP contribution in [0.2, 0.25) is 5.02 Å². The van der Waals surface area contributed by atoms with E-state index in [9.17, 15) is 9.18 Å². The minimum absolute atomic E-state index is 0.0651. The SMILES string of the molecule is CC1=C(O/C(N)=N\c2cc(NC(=O)c3ccc(Cl)cn3)ccc2F)CCOC1. The van der Waals surface area contributed by atoms with Crippen LogP contribution in [0.3, 0.4) is 0 Å². The minimum Gasteiger partial charge on any atom is -0.430 e. The quantitative estimate of drug-likeness (QED) is 0.596. The monoisotopic (exact) mass is 404 g/mol. The van der Waals surface area contributed by atoms with Crippen molar-refractivity contribution in [3.63, 3.8) is 0 Å². The Bertz CT molecular complexity index is 945. The van der Waals surface area contributed by atoms with E-state index in [0.29, 0.717) is 36.1 Å². The predicted molar refractivity (Wildman–Crippen MR) is 104 cm³/mol. The van der Waals surface area contributed by atoms with Crippen LogP contribution in [0.15, 0.2) is 52.9 Å². The largest absolute Gasteiger partial charge is 0.430 e. The van der Waals surface area contributed by atoms with Gasteiger partial charge in [-0.3, -0.25) is 4.79 Å². The summed E-state index contributed by atoms with van der Waals surface area (Å²) >= 11 is 5.76. The molecule has 0 radical (unpaired) electrons. The molecule has 7 nitrogen and oxygen atoms in total. The van der Waals surface area contributed by atoms with Gasteiger partial charge in [0.2, 0.25) is 0 Å². The number of nitrogens with two attached hydrogens (primary N) is 1. The fraction of sp³-hybridized carbons (Fsp3) is 0.211. The number of ether oxygens (including phenoxy) is 2. The summed E-state index contributed by atoms with van der Waals surface area (Å²) < 4.78 is 24.9. The number of carbonyl (C=O) groups excluding carboxylic acids is 1. The Morgan fingerprint density at radius 1 is 1.39 bits per heavy atom. The zero-order valence-corrected chi connectivity index (χ0v) is 15.8. The molecule has 1 aliphatic rings. The van der Waals surface area contributed by atoms with Crippen LogP contribution in [0.1, 0.15) is 23.8 Å². The molecule has 2 aromatic rings. The van der Waals surface area contributed by atoms with E-state index in [1.54, 1.807) is 6.07 Å². The summed E-state index contributed by atoms with van der Waals surface area (Å²) in [5.74, 6) is -0.413. The van der Waals surface area contributed by atoms with Gasteiger partial charge in [-0.1, -0.05) is 11.6 Å². The lowest BCUT2D eigenvalue weighted by Crippen LogP contribution is -2.20. The molecule has 0 saturated carbocycles. The second-order valence-electron chi connectivity index (χ2n) is 6.04. The highest BCUT2D eigenvalue weighted by Gasteiger charge is 2.14. The fourth-order valence-corrected chi connectivity index (χ4v) is 2.58. The molecule has 3 rings (SSSR count). The first-order valence-electron chi connectivity index (χ1n) is 8.43. The van der Waals surface area contributed by atoms with Gasteiger partial charge in [0.15, 0.2) is 0 Å². The molecule has 1 aromatic carbocycles. The third kappa shape index (κ3) is 5.05. The Hall–Kier alpha value is -2.97. The first-order chi connectivity index (χ1) is 13.4. The first kappa shape index (κ1) is 19.8. The van der Waals surface area contributed by atoms with Crippen molar-refractivity contribution in [1.82, 2.24) is 4.98 Å². The van der Waals surface area contributed by atoms with Crippen molar-refractivity contribution in [3.8, 4) is 0 Å². The molecule has 0 unspecified atom stereocenters. The van der Waals surface area contributed by atoms with Crippen LogP contribution in [0.25, 0.3) is 0 Å². The van der Waals surface area contributed by atoms with E-state index in [1.807, 2.05) is 6.92 Å². The van der Waals surface area contributed by atoms with Gasteiger partial charge < -0.3 is 20.5 Å². The number of halogens is 2. The second-order valence-corrected chi connectivity index (χ2v) is 6.48.